The van der Waals surface area contributed by atoms with Gasteiger partial charge in [-0.3, -0.25) is 14.2 Å². The lowest BCUT2D eigenvalue weighted by molar-refractivity contribution is 0.101. The standard InChI is InChI=1S/C18H13N3O2S2/c22-15(13-7-4-9-19-13)11-25-18-20-14-8-10-24-16(14)17(23)21(18)12-5-2-1-3-6-12/h1-10,19H,11H2. The Kier molecular flexibility index (Phi) is 4.25. The number of nitrogens with one attached hydrogen (secondary N) is 1. The second kappa shape index (κ2) is 6.70. The van der Waals surface area contributed by atoms with E-state index in [1.54, 1.807) is 22.9 Å². The van der Waals surface area contributed by atoms with Crippen molar-refractivity contribution >= 4 is 39.1 Å². The number of carbonyl (C=O) groups excluding carboxylic acids is 1. The Bertz CT molecular complexity index is 1080. The number of fused-ring (bicyclic) bond motifs is 1. The van der Waals surface area contributed by atoms with Gasteiger partial charge in [0.05, 0.1) is 22.7 Å². The van der Waals surface area contributed by atoms with Gasteiger partial charge in [-0.25, -0.2) is 4.98 Å². The molecule has 4 rings (SSSR count). The zero-order valence-corrected chi connectivity index (χ0v) is 14.6. The molecule has 1 N–H and O–H groups in total. The number of hydrogen-bond acceptors (Lipinski definition) is 5. The topological polar surface area (TPSA) is 67.8 Å². The van der Waals surface area contributed by atoms with Crippen molar-refractivity contribution in [3.05, 3.63) is 76.2 Å². The second-order valence-electron chi connectivity index (χ2n) is 5.30. The van der Waals surface area contributed by atoms with Gasteiger partial charge in [0.15, 0.2) is 10.9 Å². The van der Waals surface area contributed by atoms with Crippen LogP contribution in [0.5, 0.6) is 0 Å². The van der Waals surface area contributed by atoms with E-state index in [0.717, 1.165) is 5.69 Å². The van der Waals surface area contributed by atoms with E-state index in [-0.39, 0.29) is 17.1 Å². The number of rotatable bonds is 5. The highest BCUT2D eigenvalue weighted by atomic mass is 32.2. The summed E-state index contributed by atoms with van der Waals surface area (Å²) < 4.78 is 2.19. The first-order valence-electron chi connectivity index (χ1n) is 7.59. The number of aromatic nitrogens is 3. The summed E-state index contributed by atoms with van der Waals surface area (Å²) in [7, 11) is 0. The summed E-state index contributed by atoms with van der Waals surface area (Å²) in [6.45, 7) is 0. The van der Waals surface area contributed by atoms with Crippen LogP contribution >= 0.6 is 23.1 Å². The zero-order chi connectivity index (χ0) is 17.2. The van der Waals surface area contributed by atoms with E-state index in [2.05, 4.69) is 9.97 Å². The molecule has 0 bridgehead atoms. The molecule has 0 fully saturated rings. The van der Waals surface area contributed by atoms with Crippen LogP contribution in [0.1, 0.15) is 10.5 Å². The van der Waals surface area contributed by atoms with Gasteiger partial charge in [0, 0.05) is 6.20 Å². The molecule has 0 unspecified atom stereocenters. The lowest BCUT2D eigenvalue weighted by atomic mass is 10.3. The molecule has 3 heterocycles. The normalized spacial score (nSPS) is 11.0. The summed E-state index contributed by atoms with van der Waals surface area (Å²) in [5.41, 5.74) is 1.85. The van der Waals surface area contributed by atoms with Gasteiger partial charge in [-0.15, -0.1) is 11.3 Å². The summed E-state index contributed by atoms with van der Waals surface area (Å²) in [5.74, 6) is 0.171. The van der Waals surface area contributed by atoms with Crippen LogP contribution in [0.3, 0.4) is 0 Å². The fourth-order valence-corrected chi connectivity index (χ4v) is 4.16. The third kappa shape index (κ3) is 3.04. The maximum Gasteiger partial charge on any atom is 0.276 e. The van der Waals surface area contributed by atoms with Gasteiger partial charge in [0.2, 0.25) is 0 Å². The maximum absolute atomic E-state index is 12.9. The first-order valence-corrected chi connectivity index (χ1v) is 9.45. The van der Waals surface area contributed by atoms with Gasteiger partial charge in [0.1, 0.15) is 4.70 Å². The molecular weight excluding hydrogens is 354 g/mol. The van der Waals surface area contributed by atoms with Gasteiger partial charge in [-0.1, -0.05) is 30.0 Å². The van der Waals surface area contributed by atoms with E-state index in [4.69, 9.17) is 0 Å². The van der Waals surface area contributed by atoms with Gasteiger partial charge in [-0.2, -0.15) is 0 Å². The Morgan fingerprint density at radius 2 is 2.00 bits per heavy atom. The van der Waals surface area contributed by atoms with Crippen molar-refractivity contribution in [3.63, 3.8) is 0 Å². The highest BCUT2D eigenvalue weighted by Gasteiger charge is 2.16. The predicted octanol–water partition coefficient (Wildman–Crippen LogP) is 3.75. The largest absolute Gasteiger partial charge is 0.359 e. The number of thiophene rings is 1. The molecule has 3 aromatic heterocycles. The zero-order valence-electron chi connectivity index (χ0n) is 13.0. The quantitative estimate of drug-likeness (QED) is 0.331. The maximum atomic E-state index is 12.9. The second-order valence-corrected chi connectivity index (χ2v) is 7.16. The van der Waals surface area contributed by atoms with E-state index < -0.39 is 0 Å². The first kappa shape index (κ1) is 15.9. The molecule has 0 radical (unpaired) electrons. The summed E-state index contributed by atoms with van der Waals surface area (Å²) in [6, 6.07) is 14.7. The smallest absolute Gasteiger partial charge is 0.276 e. The number of para-hydroxylation sites is 1. The average Bonchev–Trinajstić information content (AvgIpc) is 3.32. The number of nitrogens with zero attached hydrogens (tertiary/aromatic N) is 2. The summed E-state index contributed by atoms with van der Waals surface area (Å²) in [6.07, 6.45) is 1.72. The van der Waals surface area contributed by atoms with Crippen molar-refractivity contribution in [1.82, 2.24) is 14.5 Å². The van der Waals surface area contributed by atoms with Crippen LogP contribution in [0.2, 0.25) is 0 Å². The molecule has 0 spiro atoms. The highest BCUT2D eigenvalue weighted by Crippen LogP contribution is 2.24. The van der Waals surface area contributed by atoms with Crippen LogP contribution in [0.15, 0.2) is 70.1 Å². The van der Waals surface area contributed by atoms with Crippen LogP contribution < -0.4 is 5.56 Å². The Hall–Kier alpha value is -2.64. The molecule has 0 aliphatic carbocycles. The number of H-pyrrole nitrogens is 1. The van der Waals surface area contributed by atoms with E-state index in [1.165, 1.54) is 23.1 Å². The van der Waals surface area contributed by atoms with E-state index in [0.29, 0.717) is 21.1 Å². The molecule has 25 heavy (non-hydrogen) atoms. The molecule has 0 amide bonds. The Labute approximate surface area is 151 Å². The third-order valence-electron chi connectivity index (χ3n) is 3.69. The number of carbonyl (C=O) groups is 1. The Balaban J connectivity index is 1.76. The molecule has 0 saturated carbocycles. The first-order chi connectivity index (χ1) is 12.2. The molecule has 7 heteroatoms. The average molecular weight is 367 g/mol. The number of Topliss-reactive ketones (excluding diaryl/α,β-unsaturated/α-hetero) is 1. The molecule has 5 nitrogen and oxygen atoms in total. The monoisotopic (exact) mass is 367 g/mol. The minimum atomic E-state index is -0.110. The Morgan fingerprint density at radius 1 is 1.16 bits per heavy atom. The molecule has 0 aliphatic rings. The van der Waals surface area contributed by atoms with Crippen molar-refractivity contribution < 1.29 is 4.79 Å². The Morgan fingerprint density at radius 3 is 2.76 bits per heavy atom. The number of thioether (sulfide) groups is 1. The molecule has 4 aromatic rings. The molecule has 124 valence electrons. The minimum absolute atomic E-state index is 0.0331. The third-order valence-corrected chi connectivity index (χ3v) is 5.52. The van der Waals surface area contributed by atoms with Gasteiger partial charge in [-0.05, 0) is 35.7 Å². The fourth-order valence-electron chi connectivity index (χ4n) is 2.51. The van der Waals surface area contributed by atoms with E-state index in [9.17, 15) is 9.59 Å². The van der Waals surface area contributed by atoms with Crippen molar-refractivity contribution in [2.75, 3.05) is 5.75 Å². The van der Waals surface area contributed by atoms with Crippen LogP contribution in [0, 0.1) is 0 Å². The lowest BCUT2D eigenvalue weighted by Gasteiger charge is -2.11. The molecule has 0 atom stereocenters. The van der Waals surface area contributed by atoms with Crippen molar-refractivity contribution in [2.24, 2.45) is 0 Å². The van der Waals surface area contributed by atoms with E-state index in [1.807, 2.05) is 41.8 Å². The summed E-state index contributed by atoms with van der Waals surface area (Å²) in [5, 5.41) is 2.37. The van der Waals surface area contributed by atoms with Crippen molar-refractivity contribution in [3.8, 4) is 5.69 Å². The number of aromatic amines is 1. The fraction of sp³-hybridized carbons (Fsp3) is 0.0556. The minimum Gasteiger partial charge on any atom is -0.359 e. The predicted molar refractivity (Wildman–Crippen MR) is 101 cm³/mol. The van der Waals surface area contributed by atoms with Crippen molar-refractivity contribution in [2.45, 2.75) is 5.16 Å². The molecule has 0 saturated heterocycles. The highest BCUT2D eigenvalue weighted by molar-refractivity contribution is 7.99. The SMILES string of the molecule is O=C(CSc1nc2ccsc2c(=O)n1-c1ccccc1)c1ccc[nH]1. The van der Waals surface area contributed by atoms with Crippen molar-refractivity contribution in [1.29, 1.82) is 0 Å². The van der Waals surface area contributed by atoms with E-state index >= 15 is 0 Å². The van der Waals surface area contributed by atoms with Crippen LogP contribution in [-0.4, -0.2) is 26.1 Å². The van der Waals surface area contributed by atoms with Crippen LogP contribution in [0.4, 0.5) is 0 Å². The van der Waals surface area contributed by atoms with Crippen LogP contribution in [-0.2, 0) is 0 Å². The lowest BCUT2D eigenvalue weighted by Crippen LogP contribution is -2.21. The molecular formula is C18H13N3O2S2. The number of hydrogen-bond donors (Lipinski definition) is 1. The van der Waals surface area contributed by atoms with Gasteiger partial charge < -0.3 is 4.98 Å². The van der Waals surface area contributed by atoms with Crippen LogP contribution in [0.25, 0.3) is 15.9 Å². The summed E-state index contributed by atoms with van der Waals surface area (Å²) >= 11 is 2.64. The van der Waals surface area contributed by atoms with Gasteiger partial charge in [0.25, 0.3) is 5.56 Å². The molecule has 0 aliphatic heterocycles. The number of benzene rings is 1. The summed E-state index contributed by atoms with van der Waals surface area (Å²) in [4.78, 5) is 32.7. The molecule has 1 aromatic carbocycles. The van der Waals surface area contributed by atoms with Gasteiger partial charge >= 0.3 is 0 Å². The number of ketones is 1.